The Kier molecular flexibility index (Phi) is 8.36. The molecule has 25 heavy (non-hydrogen) atoms. The monoisotopic (exact) mass is 346 g/mol. The Balaban J connectivity index is 2.06. The Morgan fingerprint density at radius 1 is 1.08 bits per heavy atom. The van der Waals surface area contributed by atoms with Gasteiger partial charge in [0.1, 0.15) is 6.10 Å². The molecule has 0 bridgehead atoms. The van der Waals surface area contributed by atoms with Gasteiger partial charge in [0.05, 0.1) is 13.2 Å². The summed E-state index contributed by atoms with van der Waals surface area (Å²) in [7, 11) is 0. The number of ether oxygens (including phenoxy) is 3. The van der Waals surface area contributed by atoms with E-state index >= 15 is 0 Å². The molecular weight excluding hydrogens is 316 g/mol. The van der Waals surface area contributed by atoms with E-state index in [9.17, 15) is 4.79 Å². The number of carbonyl (C=O) groups is 1. The predicted octanol–water partition coefficient (Wildman–Crippen LogP) is 5.15. The van der Waals surface area contributed by atoms with Crippen LogP contribution in [-0.2, 0) is 9.53 Å². The van der Waals surface area contributed by atoms with Crippen molar-refractivity contribution in [3.8, 4) is 11.5 Å². The second kappa shape index (κ2) is 10.8. The molecular formula is C21H30O4. The summed E-state index contributed by atoms with van der Waals surface area (Å²) in [5.74, 6) is 1.13. The Morgan fingerprint density at radius 2 is 1.80 bits per heavy atom. The molecule has 1 aromatic carbocycles. The molecule has 1 aromatic rings. The van der Waals surface area contributed by atoms with Crippen LogP contribution in [0.3, 0.4) is 0 Å². The van der Waals surface area contributed by atoms with Crippen LogP contribution in [0.25, 0.3) is 6.08 Å². The van der Waals surface area contributed by atoms with Gasteiger partial charge < -0.3 is 14.2 Å². The summed E-state index contributed by atoms with van der Waals surface area (Å²) in [6.45, 7) is 5.38. The normalized spacial score (nSPS) is 15.3. The lowest BCUT2D eigenvalue weighted by molar-refractivity contribution is -0.144. The van der Waals surface area contributed by atoms with E-state index in [2.05, 4.69) is 13.8 Å². The van der Waals surface area contributed by atoms with Crippen molar-refractivity contribution in [3.05, 3.63) is 29.8 Å². The molecule has 0 radical (unpaired) electrons. The van der Waals surface area contributed by atoms with E-state index in [1.807, 2.05) is 18.2 Å². The molecule has 0 spiro atoms. The van der Waals surface area contributed by atoms with Crippen LogP contribution in [0, 0.1) is 0 Å². The Labute approximate surface area is 151 Å². The van der Waals surface area contributed by atoms with Gasteiger partial charge in [0, 0.05) is 11.6 Å². The number of hydrogen-bond donors (Lipinski definition) is 0. The summed E-state index contributed by atoms with van der Waals surface area (Å²) in [6, 6.07) is 5.74. The van der Waals surface area contributed by atoms with Crippen molar-refractivity contribution < 1.29 is 19.0 Å². The summed E-state index contributed by atoms with van der Waals surface area (Å²) in [5.41, 5.74) is 0.836. The van der Waals surface area contributed by atoms with E-state index in [1.165, 1.54) is 12.5 Å². The predicted molar refractivity (Wildman–Crippen MR) is 100 cm³/mol. The fourth-order valence-corrected chi connectivity index (χ4v) is 2.89. The Bertz CT molecular complexity index is 559. The molecule has 1 saturated carbocycles. The molecule has 1 aliphatic carbocycles. The van der Waals surface area contributed by atoms with E-state index in [4.69, 9.17) is 14.2 Å². The molecule has 0 atom stereocenters. The van der Waals surface area contributed by atoms with Crippen LogP contribution in [-0.4, -0.2) is 25.3 Å². The highest BCUT2D eigenvalue weighted by Gasteiger charge is 2.16. The fourth-order valence-electron chi connectivity index (χ4n) is 2.89. The largest absolute Gasteiger partial charge is 0.490 e. The molecule has 138 valence electrons. The molecule has 4 heteroatoms. The van der Waals surface area contributed by atoms with Crippen molar-refractivity contribution in [2.75, 3.05) is 13.2 Å². The van der Waals surface area contributed by atoms with Crippen molar-refractivity contribution in [2.45, 2.75) is 64.9 Å². The summed E-state index contributed by atoms with van der Waals surface area (Å²) in [4.78, 5) is 12.1. The first-order chi connectivity index (χ1) is 12.2. The number of para-hydroxylation sites is 1. The Morgan fingerprint density at radius 3 is 2.52 bits per heavy atom. The first kappa shape index (κ1) is 19.4. The van der Waals surface area contributed by atoms with E-state index < -0.39 is 0 Å². The van der Waals surface area contributed by atoms with Gasteiger partial charge in [-0.2, -0.15) is 0 Å². The van der Waals surface area contributed by atoms with E-state index in [-0.39, 0.29) is 12.1 Å². The summed E-state index contributed by atoms with van der Waals surface area (Å²) in [5, 5.41) is 0. The second-order valence-corrected chi connectivity index (χ2v) is 6.40. The van der Waals surface area contributed by atoms with Crippen LogP contribution in [0.1, 0.15) is 64.4 Å². The number of esters is 1. The molecule has 0 aromatic heterocycles. The number of carbonyl (C=O) groups excluding carboxylic acids is 1. The van der Waals surface area contributed by atoms with Crippen LogP contribution in [0.15, 0.2) is 24.3 Å². The van der Waals surface area contributed by atoms with Gasteiger partial charge in [-0.25, -0.2) is 4.79 Å². The van der Waals surface area contributed by atoms with E-state index in [0.29, 0.717) is 19.0 Å². The van der Waals surface area contributed by atoms with Gasteiger partial charge in [0.25, 0.3) is 0 Å². The number of benzene rings is 1. The van der Waals surface area contributed by atoms with Gasteiger partial charge in [-0.15, -0.1) is 0 Å². The third-order valence-electron chi connectivity index (χ3n) is 4.16. The minimum atomic E-state index is -0.284. The maximum Gasteiger partial charge on any atom is 0.331 e. The van der Waals surface area contributed by atoms with Gasteiger partial charge in [-0.1, -0.05) is 32.4 Å². The van der Waals surface area contributed by atoms with Crippen molar-refractivity contribution in [1.82, 2.24) is 0 Å². The summed E-state index contributed by atoms with van der Waals surface area (Å²) >= 11 is 0. The first-order valence-corrected chi connectivity index (χ1v) is 9.51. The van der Waals surface area contributed by atoms with Gasteiger partial charge in [-0.3, -0.25) is 0 Å². The van der Waals surface area contributed by atoms with E-state index in [1.54, 1.807) is 6.08 Å². The van der Waals surface area contributed by atoms with Crippen LogP contribution in [0.2, 0.25) is 0 Å². The van der Waals surface area contributed by atoms with Crippen LogP contribution >= 0.6 is 0 Å². The van der Waals surface area contributed by atoms with Crippen molar-refractivity contribution in [3.63, 3.8) is 0 Å². The highest BCUT2D eigenvalue weighted by molar-refractivity contribution is 5.88. The smallest absolute Gasteiger partial charge is 0.331 e. The van der Waals surface area contributed by atoms with Gasteiger partial charge >= 0.3 is 5.97 Å². The third kappa shape index (κ3) is 6.45. The van der Waals surface area contributed by atoms with Gasteiger partial charge in [0.2, 0.25) is 0 Å². The molecule has 0 aliphatic heterocycles. The minimum absolute atomic E-state index is 0.0703. The van der Waals surface area contributed by atoms with Crippen molar-refractivity contribution in [2.24, 2.45) is 0 Å². The molecule has 2 rings (SSSR count). The van der Waals surface area contributed by atoms with Crippen molar-refractivity contribution in [1.29, 1.82) is 0 Å². The topological polar surface area (TPSA) is 44.8 Å². The van der Waals surface area contributed by atoms with Crippen LogP contribution in [0.4, 0.5) is 0 Å². The molecule has 0 amide bonds. The van der Waals surface area contributed by atoms with Crippen LogP contribution in [0.5, 0.6) is 11.5 Å². The first-order valence-electron chi connectivity index (χ1n) is 9.51. The minimum Gasteiger partial charge on any atom is -0.490 e. The fraction of sp³-hybridized carbons (Fsp3) is 0.571. The number of hydrogen-bond acceptors (Lipinski definition) is 4. The lowest BCUT2D eigenvalue weighted by Gasteiger charge is -2.21. The summed E-state index contributed by atoms with van der Waals surface area (Å²) in [6.07, 6.45) is 10.7. The lowest BCUT2D eigenvalue weighted by Crippen LogP contribution is -2.19. The third-order valence-corrected chi connectivity index (χ3v) is 4.16. The maximum absolute atomic E-state index is 12.1. The second-order valence-electron chi connectivity index (χ2n) is 6.40. The molecule has 0 saturated heterocycles. The quantitative estimate of drug-likeness (QED) is 0.458. The van der Waals surface area contributed by atoms with Crippen LogP contribution < -0.4 is 9.47 Å². The highest BCUT2D eigenvalue weighted by Crippen LogP contribution is 2.32. The zero-order valence-corrected chi connectivity index (χ0v) is 15.5. The van der Waals surface area contributed by atoms with Gasteiger partial charge in [0.15, 0.2) is 11.5 Å². The molecule has 0 unspecified atom stereocenters. The maximum atomic E-state index is 12.1. The number of rotatable bonds is 9. The molecule has 0 heterocycles. The summed E-state index contributed by atoms with van der Waals surface area (Å²) < 4.78 is 17.2. The van der Waals surface area contributed by atoms with Gasteiger partial charge in [-0.05, 0) is 50.7 Å². The SMILES string of the molecule is CCCOc1cccc(C=CC(=O)OC2CCCCC2)c1OCCC. The van der Waals surface area contributed by atoms with E-state index in [0.717, 1.165) is 49.8 Å². The average molecular weight is 346 g/mol. The highest BCUT2D eigenvalue weighted by atomic mass is 16.5. The zero-order chi connectivity index (χ0) is 17.9. The average Bonchev–Trinajstić information content (AvgIpc) is 2.64. The Hall–Kier alpha value is -1.97. The zero-order valence-electron chi connectivity index (χ0n) is 15.5. The molecule has 4 nitrogen and oxygen atoms in total. The standard InChI is InChI=1S/C21H30O4/c1-3-15-23-19-12-8-9-17(21(19)24-16-4-2)13-14-20(22)25-18-10-6-5-7-11-18/h8-9,12-14,18H,3-7,10-11,15-16H2,1-2H3. The van der Waals surface area contributed by atoms with Crippen molar-refractivity contribution >= 4 is 12.0 Å². The molecule has 0 N–H and O–H groups in total. The lowest BCUT2D eigenvalue weighted by atomic mass is 9.98. The molecule has 1 fully saturated rings. The molecule has 1 aliphatic rings.